The molecule has 8 nitrogen and oxygen atoms in total. The van der Waals surface area contributed by atoms with Gasteiger partial charge in [-0.3, -0.25) is 18.7 Å². The lowest BCUT2D eigenvalue weighted by Crippen LogP contribution is -2.37. The summed E-state index contributed by atoms with van der Waals surface area (Å²) in [5.74, 6) is 0.0401. The maximum absolute atomic E-state index is 12.0. The number of ketones is 1. The van der Waals surface area contributed by atoms with Crippen molar-refractivity contribution in [1.29, 1.82) is 0 Å². The molecule has 2 N–H and O–H groups in total. The maximum Gasteiger partial charge on any atom is 0.394 e. The minimum atomic E-state index is -4.67. The van der Waals surface area contributed by atoms with Crippen LogP contribution in [0.5, 0.6) is 0 Å². The molecule has 0 aromatic heterocycles. The first-order chi connectivity index (χ1) is 13.6. The Labute approximate surface area is 176 Å². The van der Waals surface area contributed by atoms with E-state index in [0.29, 0.717) is 18.1 Å². The van der Waals surface area contributed by atoms with Crippen LogP contribution in [0.25, 0.3) is 6.08 Å². The Hall–Kier alpha value is -1.78. The van der Waals surface area contributed by atoms with Crippen molar-refractivity contribution in [2.75, 3.05) is 26.2 Å². The van der Waals surface area contributed by atoms with Gasteiger partial charge in [-0.2, -0.15) is 8.42 Å². The molecule has 0 radical (unpaired) electrons. The molecule has 162 valence electrons. The normalized spacial score (nSPS) is 15.6. The summed E-state index contributed by atoms with van der Waals surface area (Å²) in [6.07, 6.45) is 5.55. The van der Waals surface area contributed by atoms with Crippen molar-refractivity contribution in [2.24, 2.45) is 5.92 Å². The number of halogens is 1. The molecule has 1 aliphatic heterocycles. The van der Waals surface area contributed by atoms with Gasteiger partial charge in [0.1, 0.15) is 0 Å². The predicted octanol–water partition coefficient (Wildman–Crippen LogP) is 2.93. The van der Waals surface area contributed by atoms with E-state index >= 15 is 0 Å². The lowest BCUT2D eigenvalue weighted by Gasteiger charge is -2.30. The van der Waals surface area contributed by atoms with Crippen molar-refractivity contribution in [1.82, 2.24) is 4.90 Å². The van der Waals surface area contributed by atoms with Gasteiger partial charge >= 0.3 is 16.4 Å². The summed E-state index contributed by atoms with van der Waals surface area (Å²) < 4.78 is 36.7. The highest BCUT2D eigenvalue weighted by Gasteiger charge is 2.25. The molecule has 0 bridgehead atoms. The van der Waals surface area contributed by atoms with E-state index in [4.69, 9.17) is 33.9 Å². The van der Waals surface area contributed by atoms with Crippen LogP contribution >= 0.6 is 11.6 Å². The molecule has 1 aliphatic rings. The molecule has 0 aliphatic carbocycles. The number of piperidine rings is 1. The second-order valence-electron chi connectivity index (χ2n) is 6.42. The Kier molecular flexibility index (Phi) is 11.1. The standard InChI is InChI=1S/C19H24ClNO3.H2O4S/c1-2-24-19(23)16-9-12-21(13-10-16)14-11-18(22)8-5-15-3-6-17(20)7-4-15;1-5(2,3)4/h3-8,16H,2,9-14H2,1H3;(H2,1,2,3,4)/b8-5+;. The molecule has 0 unspecified atom stereocenters. The lowest BCUT2D eigenvalue weighted by atomic mass is 9.97. The molecular formula is C19H26ClNO7S. The third-order valence-electron chi connectivity index (χ3n) is 4.21. The number of carbonyl (C=O) groups is 2. The number of ether oxygens (including phenoxy) is 1. The third-order valence-corrected chi connectivity index (χ3v) is 4.47. The van der Waals surface area contributed by atoms with Crippen molar-refractivity contribution in [2.45, 2.75) is 26.2 Å². The number of esters is 1. The largest absolute Gasteiger partial charge is 0.466 e. The highest BCUT2D eigenvalue weighted by Crippen LogP contribution is 2.19. The topological polar surface area (TPSA) is 121 Å². The van der Waals surface area contributed by atoms with Crippen LogP contribution in [0.4, 0.5) is 0 Å². The maximum atomic E-state index is 12.0. The molecule has 1 aromatic rings. The Bertz CT molecular complexity index is 777. The van der Waals surface area contributed by atoms with Gasteiger partial charge in [0.15, 0.2) is 5.78 Å². The fourth-order valence-electron chi connectivity index (χ4n) is 2.77. The van der Waals surface area contributed by atoms with Gasteiger partial charge in [0.05, 0.1) is 12.5 Å². The quantitative estimate of drug-likeness (QED) is 0.371. The monoisotopic (exact) mass is 447 g/mol. The number of hydrogen-bond acceptors (Lipinski definition) is 6. The van der Waals surface area contributed by atoms with E-state index in [1.165, 1.54) is 0 Å². The number of allylic oxidation sites excluding steroid dienone is 1. The average molecular weight is 448 g/mol. The van der Waals surface area contributed by atoms with Gasteiger partial charge in [-0.05, 0) is 56.6 Å². The molecule has 1 heterocycles. The zero-order chi connectivity index (χ0) is 21.9. The second kappa shape index (κ2) is 12.7. The molecular weight excluding hydrogens is 422 g/mol. The van der Waals surface area contributed by atoms with Crippen molar-refractivity contribution < 1.29 is 31.8 Å². The molecule has 0 atom stereocenters. The van der Waals surface area contributed by atoms with Gasteiger partial charge in [-0.15, -0.1) is 0 Å². The molecule has 1 fully saturated rings. The zero-order valence-corrected chi connectivity index (χ0v) is 17.7. The number of hydrogen-bond donors (Lipinski definition) is 2. The van der Waals surface area contributed by atoms with Crippen molar-refractivity contribution in [3.8, 4) is 0 Å². The smallest absolute Gasteiger partial charge is 0.394 e. The molecule has 0 saturated carbocycles. The number of carbonyl (C=O) groups excluding carboxylic acids is 2. The summed E-state index contributed by atoms with van der Waals surface area (Å²) in [6, 6.07) is 7.37. The van der Waals surface area contributed by atoms with E-state index in [0.717, 1.165) is 38.0 Å². The number of nitrogens with zero attached hydrogens (tertiary/aromatic N) is 1. The Balaban J connectivity index is 0.000000749. The molecule has 1 saturated heterocycles. The Morgan fingerprint density at radius 3 is 2.28 bits per heavy atom. The van der Waals surface area contributed by atoms with Crippen molar-refractivity contribution in [3.05, 3.63) is 40.9 Å². The summed E-state index contributed by atoms with van der Waals surface area (Å²) in [5, 5.41) is 0.685. The van der Waals surface area contributed by atoms with Crippen LogP contribution in [0.3, 0.4) is 0 Å². The van der Waals surface area contributed by atoms with Crippen LogP contribution in [0.2, 0.25) is 5.02 Å². The van der Waals surface area contributed by atoms with Crippen LogP contribution in [0, 0.1) is 5.92 Å². The summed E-state index contributed by atoms with van der Waals surface area (Å²) in [5.41, 5.74) is 0.961. The highest BCUT2D eigenvalue weighted by molar-refractivity contribution is 7.79. The van der Waals surface area contributed by atoms with E-state index in [9.17, 15) is 9.59 Å². The molecule has 0 spiro atoms. The number of benzene rings is 1. The minimum absolute atomic E-state index is 0.0155. The van der Waals surface area contributed by atoms with Crippen LogP contribution in [0.1, 0.15) is 31.7 Å². The van der Waals surface area contributed by atoms with Gasteiger partial charge in [0, 0.05) is 18.0 Å². The van der Waals surface area contributed by atoms with E-state index in [1.54, 1.807) is 18.2 Å². The Morgan fingerprint density at radius 1 is 1.21 bits per heavy atom. The first kappa shape index (κ1) is 25.3. The van der Waals surface area contributed by atoms with E-state index in [2.05, 4.69) is 4.90 Å². The van der Waals surface area contributed by atoms with E-state index in [-0.39, 0.29) is 17.7 Å². The van der Waals surface area contributed by atoms with Crippen molar-refractivity contribution >= 4 is 39.8 Å². The Morgan fingerprint density at radius 2 is 1.76 bits per heavy atom. The second-order valence-corrected chi connectivity index (χ2v) is 7.75. The third kappa shape index (κ3) is 12.4. The fraction of sp³-hybridized carbons (Fsp3) is 0.474. The highest BCUT2D eigenvalue weighted by atomic mass is 35.5. The van der Waals surface area contributed by atoms with E-state index in [1.807, 2.05) is 25.1 Å². The SMILES string of the molecule is CCOC(=O)C1CCN(CCC(=O)/C=C/c2ccc(Cl)cc2)CC1.O=S(=O)(O)O. The van der Waals surface area contributed by atoms with Crippen LogP contribution in [0.15, 0.2) is 30.3 Å². The zero-order valence-electron chi connectivity index (χ0n) is 16.2. The first-order valence-electron chi connectivity index (χ1n) is 9.14. The molecule has 29 heavy (non-hydrogen) atoms. The average Bonchev–Trinajstić information content (AvgIpc) is 2.65. The fourth-order valence-corrected chi connectivity index (χ4v) is 2.89. The van der Waals surface area contributed by atoms with E-state index < -0.39 is 10.4 Å². The van der Waals surface area contributed by atoms with Crippen LogP contribution in [-0.2, 0) is 24.7 Å². The van der Waals surface area contributed by atoms with Crippen LogP contribution < -0.4 is 0 Å². The van der Waals surface area contributed by atoms with Gasteiger partial charge in [0.2, 0.25) is 0 Å². The molecule has 1 aromatic carbocycles. The molecule has 0 amide bonds. The van der Waals surface area contributed by atoms with Gasteiger partial charge in [0.25, 0.3) is 0 Å². The van der Waals surface area contributed by atoms with Gasteiger partial charge in [-0.25, -0.2) is 0 Å². The van der Waals surface area contributed by atoms with Gasteiger partial charge in [-0.1, -0.05) is 29.8 Å². The predicted molar refractivity (Wildman–Crippen MR) is 110 cm³/mol. The number of rotatable bonds is 7. The van der Waals surface area contributed by atoms with Crippen molar-refractivity contribution in [3.63, 3.8) is 0 Å². The summed E-state index contributed by atoms with van der Waals surface area (Å²) in [4.78, 5) is 25.9. The number of likely N-dealkylation sites (tertiary alicyclic amines) is 1. The van der Waals surface area contributed by atoms with Gasteiger partial charge < -0.3 is 9.64 Å². The van der Waals surface area contributed by atoms with Crippen LogP contribution in [-0.4, -0.2) is 60.4 Å². The minimum Gasteiger partial charge on any atom is -0.466 e. The lowest BCUT2D eigenvalue weighted by molar-refractivity contribution is -0.149. The molecule has 2 rings (SSSR count). The summed E-state index contributed by atoms with van der Waals surface area (Å²) >= 11 is 5.83. The summed E-state index contributed by atoms with van der Waals surface area (Å²) in [7, 11) is -4.67. The summed E-state index contributed by atoms with van der Waals surface area (Å²) in [6.45, 7) is 4.69. The molecule has 10 heteroatoms. The first-order valence-corrected chi connectivity index (χ1v) is 10.9.